The second-order valence-electron chi connectivity index (χ2n) is 2.17. The Morgan fingerprint density at radius 2 is 2.00 bits per heavy atom. The zero-order valence-electron chi connectivity index (χ0n) is 5.74. The van der Waals surface area contributed by atoms with Crippen LogP contribution < -0.4 is 5.73 Å². The van der Waals surface area contributed by atoms with Crippen molar-refractivity contribution in [3.05, 3.63) is 0 Å². The Hall–Kier alpha value is -0.180. The van der Waals surface area contributed by atoms with Gasteiger partial charge in [0.25, 0.3) is 6.30 Å². The number of alkyl halides is 2. The number of hydrogen-bond acceptors (Lipinski definition) is 0. The lowest BCUT2D eigenvalue weighted by Crippen LogP contribution is -2.62. The second kappa shape index (κ2) is 4.68. The van der Waals surface area contributed by atoms with Crippen LogP contribution in [0.5, 0.6) is 0 Å². The molecule has 0 aromatic heterocycles. The summed E-state index contributed by atoms with van der Waals surface area (Å²) in [5.41, 5.74) is 2.95. The van der Waals surface area contributed by atoms with E-state index in [2.05, 4.69) is 5.73 Å². The summed E-state index contributed by atoms with van der Waals surface area (Å²) < 4.78 is 24.2. The van der Waals surface area contributed by atoms with Crippen LogP contribution in [0.2, 0.25) is 0 Å². The standard InChI is InChI=1S/C6H13F2N/c1-2-3-4-5(7)6(8)9/h5-6H,2-4,9H2,1H3/p+1. The molecule has 3 heteroatoms. The van der Waals surface area contributed by atoms with Gasteiger partial charge in [-0.3, -0.25) is 0 Å². The van der Waals surface area contributed by atoms with E-state index < -0.39 is 12.5 Å². The molecular formula is C6H14F2N+. The largest absolute Gasteiger partial charge is 0.326 e. The quantitative estimate of drug-likeness (QED) is 0.562. The molecule has 9 heavy (non-hydrogen) atoms. The summed E-state index contributed by atoms with van der Waals surface area (Å²) >= 11 is 0. The van der Waals surface area contributed by atoms with E-state index in [0.29, 0.717) is 6.42 Å². The van der Waals surface area contributed by atoms with Crippen LogP contribution in [0.3, 0.4) is 0 Å². The van der Waals surface area contributed by atoms with Crippen LogP contribution in [0.15, 0.2) is 0 Å². The highest BCUT2D eigenvalue weighted by Gasteiger charge is 2.17. The Bertz CT molecular complexity index is 66.1. The van der Waals surface area contributed by atoms with E-state index >= 15 is 0 Å². The maximum Gasteiger partial charge on any atom is 0.258 e. The summed E-state index contributed by atoms with van der Waals surface area (Å²) in [6, 6.07) is 0. The lowest BCUT2D eigenvalue weighted by atomic mass is 10.2. The van der Waals surface area contributed by atoms with E-state index in [4.69, 9.17) is 0 Å². The first-order valence-electron chi connectivity index (χ1n) is 3.29. The third-order valence-corrected chi connectivity index (χ3v) is 1.23. The number of quaternary nitrogens is 1. The van der Waals surface area contributed by atoms with E-state index in [-0.39, 0.29) is 0 Å². The smallest absolute Gasteiger partial charge is 0.258 e. The Kier molecular flexibility index (Phi) is 4.58. The minimum atomic E-state index is -1.54. The average molecular weight is 138 g/mol. The molecule has 0 saturated carbocycles. The van der Waals surface area contributed by atoms with Gasteiger partial charge < -0.3 is 5.73 Å². The summed E-state index contributed by atoms with van der Waals surface area (Å²) in [6.07, 6.45) is -0.938. The van der Waals surface area contributed by atoms with Crippen LogP contribution in [0.1, 0.15) is 26.2 Å². The van der Waals surface area contributed by atoms with Gasteiger partial charge in [-0.2, -0.15) is 4.39 Å². The second-order valence-corrected chi connectivity index (χ2v) is 2.17. The van der Waals surface area contributed by atoms with Gasteiger partial charge in [0, 0.05) is 0 Å². The lowest BCUT2D eigenvalue weighted by molar-refractivity contribution is -0.472. The molecule has 0 saturated heterocycles. The molecular weight excluding hydrogens is 124 g/mol. The molecule has 0 rings (SSSR count). The Labute approximate surface area is 54.2 Å². The van der Waals surface area contributed by atoms with Gasteiger partial charge in [-0.05, 0) is 6.42 Å². The molecule has 0 aliphatic rings. The predicted octanol–water partition coefficient (Wildman–Crippen LogP) is 1.05. The van der Waals surface area contributed by atoms with E-state index in [0.717, 1.165) is 12.8 Å². The van der Waals surface area contributed by atoms with Crippen LogP contribution in [0, 0.1) is 0 Å². The van der Waals surface area contributed by atoms with E-state index in [1.165, 1.54) is 0 Å². The monoisotopic (exact) mass is 138 g/mol. The zero-order chi connectivity index (χ0) is 7.28. The number of halogens is 2. The van der Waals surface area contributed by atoms with Gasteiger partial charge in [0.15, 0.2) is 6.17 Å². The Morgan fingerprint density at radius 3 is 2.33 bits per heavy atom. The molecule has 0 aromatic carbocycles. The normalized spacial score (nSPS) is 17.3. The molecule has 0 aliphatic carbocycles. The van der Waals surface area contributed by atoms with E-state index in [1.807, 2.05) is 6.92 Å². The van der Waals surface area contributed by atoms with E-state index in [1.54, 1.807) is 0 Å². The number of unbranched alkanes of at least 4 members (excludes halogenated alkanes) is 1. The van der Waals surface area contributed by atoms with Gasteiger partial charge >= 0.3 is 0 Å². The first-order chi connectivity index (χ1) is 4.18. The van der Waals surface area contributed by atoms with Crippen LogP contribution in [0.4, 0.5) is 8.78 Å². The molecule has 0 aromatic rings. The van der Waals surface area contributed by atoms with Crippen molar-refractivity contribution in [3.63, 3.8) is 0 Å². The number of hydrogen-bond donors (Lipinski definition) is 1. The first kappa shape index (κ1) is 8.82. The van der Waals surface area contributed by atoms with Crippen molar-refractivity contribution in [2.75, 3.05) is 0 Å². The summed E-state index contributed by atoms with van der Waals surface area (Å²) in [6.45, 7) is 1.95. The fourth-order valence-corrected chi connectivity index (χ4v) is 0.580. The molecule has 3 N–H and O–H groups in total. The molecule has 0 radical (unpaired) electrons. The van der Waals surface area contributed by atoms with Crippen LogP contribution in [0.25, 0.3) is 0 Å². The highest BCUT2D eigenvalue weighted by molar-refractivity contribution is 4.55. The molecule has 0 spiro atoms. The highest BCUT2D eigenvalue weighted by Crippen LogP contribution is 2.06. The molecule has 56 valence electrons. The van der Waals surface area contributed by atoms with Crippen molar-refractivity contribution in [3.8, 4) is 0 Å². The van der Waals surface area contributed by atoms with Gasteiger partial charge in [-0.1, -0.05) is 19.8 Å². The summed E-state index contributed by atoms with van der Waals surface area (Å²) in [7, 11) is 0. The average Bonchev–Trinajstić information content (AvgIpc) is 1.82. The van der Waals surface area contributed by atoms with Crippen LogP contribution >= 0.6 is 0 Å². The van der Waals surface area contributed by atoms with Crippen LogP contribution in [-0.2, 0) is 0 Å². The van der Waals surface area contributed by atoms with Gasteiger partial charge in [-0.15, -0.1) is 0 Å². The lowest BCUT2D eigenvalue weighted by Gasteiger charge is -2.03. The molecule has 2 unspecified atom stereocenters. The minimum Gasteiger partial charge on any atom is -0.326 e. The maximum absolute atomic E-state index is 12.3. The van der Waals surface area contributed by atoms with Crippen molar-refractivity contribution >= 4 is 0 Å². The van der Waals surface area contributed by atoms with Gasteiger partial charge in [0.05, 0.1) is 0 Å². The fourth-order valence-electron chi connectivity index (χ4n) is 0.580. The maximum atomic E-state index is 12.3. The predicted molar refractivity (Wildman–Crippen MR) is 32.2 cm³/mol. The van der Waals surface area contributed by atoms with Gasteiger partial charge in [-0.25, -0.2) is 4.39 Å². The minimum absolute atomic E-state index is 0.307. The zero-order valence-corrected chi connectivity index (χ0v) is 5.74. The van der Waals surface area contributed by atoms with Crippen molar-refractivity contribution in [2.24, 2.45) is 0 Å². The Balaban J connectivity index is 3.16. The summed E-state index contributed by atoms with van der Waals surface area (Å²) in [5, 5.41) is 0. The first-order valence-corrected chi connectivity index (χ1v) is 3.29. The topological polar surface area (TPSA) is 27.6 Å². The SMILES string of the molecule is CCCCC(F)C([NH3+])F. The molecule has 2 atom stereocenters. The molecule has 0 fully saturated rings. The van der Waals surface area contributed by atoms with Gasteiger partial charge in [0.2, 0.25) is 0 Å². The van der Waals surface area contributed by atoms with Crippen LogP contribution in [-0.4, -0.2) is 12.5 Å². The summed E-state index contributed by atoms with van der Waals surface area (Å²) in [4.78, 5) is 0. The van der Waals surface area contributed by atoms with Crippen molar-refractivity contribution in [2.45, 2.75) is 38.7 Å². The van der Waals surface area contributed by atoms with E-state index in [9.17, 15) is 8.78 Å². The summed E-state index contributed by atoms with van der Waals surface area (Å²) in [5.74, 6) is 0. The molecule has 0 heterocycles. The highest BCUT2D eigenvalue weighted by atomic mass is 19.2. The Morgan fingerprint density at radius 1 is 1.44 bits per heavy atom. The van der Waals surface area contributed by atoms with Crippen molar-refractivity contribution < 1.29 is 14.5 Å². The molecule has 0 bridgehead atoms. The van der Waals surface area contributed by atoms with Crippen molar-refractivity contribution in [1.82, 2.24) is 0 Å². The van der Waals surface area contributed by atoms with Crippen molar-refractivity contribution in [1.29, 1.82) is 0 Å². The van der Waals surface area contributed by atoms with Gasteiger partial charge in [0.1, 0.15) is 0 Å². The third kappa shape index (κ3) is 4.33. The molecule has 1 nitrogen and oxygen atoms in total. The number of rotatable bonds is 4. The molecule has 0 amide bonds. The third-order valence-electron chi connectivity index (χ3n) is 1.23. The fraction of sp³-hybridized carbons (Fsp3) is 1.00. The molecule has 0 aliphatic heterocycles.